The SMILES string of the molecule is Cc1c(F)c(C2(C)NC(=O)NC2=O)cc2cc(C3NC(=O)NC3=O)oc12. The highest BCUT2D eigenvalue weighted by atomic mass is 19.1. The molecule has 2 atom stereocenters. The summed E-state index contributed by atoms with van der Waals surface area (Å²) >= 11 is 0. The Bertz CT molecular complexity index is 1030. The molecule has 4 rings (SSSR count). The number of fused-ring (bicyclic) bond motifs is 1. The molecule has 2 aromatic rings. The molecule has 9 nitrogen and oxygen atoms in total. The summed E-state index contributed by atoms with van der Waals surface area (Å²) in [7, 11) is 0. The summed E-state index contributed by atoms with van der Waals surface area (Å²) in [6.07, 6.45) is 0. The monoisotopic (exact) mass is 360 g/mol. The Hall–Kier alpha value is -3.43. The first-order valence-corrected chi connectivity index (χ1v) is 7.68. The molecule has 0 bridgehead atoms. The summed E-state index contributed by atoms with van der Waals surface area (Å²) in [4.78, 5) is 46.7. The molecule has 2 unspecified atom stereocenters. The second-order valence-corrected chi connectivity index (χ2v) is 6.36. The molecular weight excluding hydrogens is 347 g/mol. The summed E-state index contributed by atoms with van der Waals surface area (Å²) < 4.78 is 20.5. The van der Waals surface area contributed by atoms with Crippen molar-refractivity contribution in [2.24, 2.45) is 0 Å². The first-order valence-electron chi connectivity index (χ1n) is 7.68. The lowest BCUT2D eigenvalue weighted by Crippen LogP contribution is -2.41. The van der Waals surface area contributed by atoms with Crippen LogP contribution in [-0.2, 0) is 15.1 Å². The van der Waals surface area contributed by atoms with Gasteiger partial charge in [-0.05, 0) is 26.0 Å². The number of halogens is 1. The van der Waals surface area contributed by atoms with E-state index in [1.807, 2.05) is 0 Å². The van der Waals surface area contributed by atoms with Gasteiger partial charge in [0.25, 0.3) is 11.8 Å². The third-order valence-corrected chi connectivity index (χ3v) is 4.63. The van der Waals surface area contributed by atoms with Crippen molar-refractivity contribution >= 4 is 34.8 Å². The third-order valence-electron chi connectivity index (χ3n) is 4.63. The van der Waals surface area contributed by atoms with Crippen LogP contribution in [0.2, 0.25) is 0 Å². The molecule has 1 aromatic carbocycles. The molecule has 0 radical (unpaired) electrons. The number of carbonyl (C=O) groups is 4. The maximum absolute atomic E-state index is 14.9. The molecule has 26 heavy (non-hydrogen) atoms. The van der Waals surface area contributed by atoms with Gasteiger partial charge in [0, 0.05) is 16.5 Å². The second kappa shape index (κ2) is 5.04. The van der Waals surface area contributed by atoms with Crippen LogP contribution in [-0.4, -0.2) is 23.9 Å². The summed E-state index contributed by atoms with van der Waals surface area (Å²) in [5.41, 5.74) is -1.30. The standard InChI is InChI=1S/C16H13FN4O5/c1-5-9(17)7(16(2)13(23)20-15(25)21-16)3-6-4-8(26-11(5)6)10-12(22)19-14(24)18-10/h3-4,10H,1-2H3,(H2,18,19,22,24)(H2,20,21,23,25). The maximum Gasteiger partial charge on any atom is 0.322 e. The van der Waals surface area contributed by atoms with Crippen LogP contribution < -0.4 is 21.3 Å². The fourth-order valence-corrected chi connectivity index (χ4v) is 3.20. The Kier molecular flexibility index (Phi) is 3.11. The Labute approximate surface area is 145 Å². The Morgan fingerprint density at radius 3 is 2.42 bits per heavy atom. The highest BCUT2D eigenvalue weighted by Gasteiger charge is 2.46. The highest BCUT2D eigenvalue weighted by molar-refractivity contribution is 6.08. The predicted molar refractivity (Wildman–Crippen MR) is 84.4 cm³/mol. The second-order valence-electron chi connectivity index (χ2n) is 6.36. The molecular formula is C16H13FN4O5. The Balaban J connectivity index is 1.86. The lowest BCUT2D eigenvalue weighted by atomic mass is 9.89. The van der Waals surface area contributed by atoms with Crippen molar-refractivity contribution in [3.05, 3.63) is 34.8 Å². The van der Waals surface area contributed by atoms with Crippen molar-refractivity contribution in [2.45, 2.75) is 25.4 Å². The van der Waals surface area contributed by atoms with Crippen molar-refractivity contribution < 1.29 is 28.0 Å². The van der Waals surface area contributed by atoms with Crippen molar-refractivity contribution in [1.82, 2.24) is 21.3 Å². The zero-order valence-electron chi connectivity index (χ0n) is 13.7. The number of benzene rings is 1. The molecule has 2 fully saturated rings. The molecule has 3 heterocycles. The number of furan rings is 1. The molecule has 10 heteroatoms. The van der Waals surface area contributed by atoms with Crippen LogP contribution in [0.1, 0.15) is 29.9 Å². The molecule has 0 spiro atoms. The number of urea groups is 2. The number of aryl methyl sites for hydroxylation is 1. The maximum atomic E-state index is 14.9. The van der Waals surface area contributed by atoms with Gasteiger partial charge in [0.2, 0.25) is 0 Å². The van der Waals surface area contributed by atoms with Crippen LogP contribution in [0.3, 0.4) is 0 Å². The van der Waals surface area contributed by atoms with Gasteiger partial charge in [0.05, 0.1) is 0 Å². The smallest absolute Gasteiger partial charge is 0.322 e. The van der Waals surface area contributed by atoms with Gasteiger partial charge in [-0.1, -0.05) is 0 Å². The highest BCUT2D eigenvalue weighted by Crippen LogP contribution is 2.35. The van der Waals surface area contributed by atoms with E-state index < -0.39 is 41.3 Å². The van der Waals surface area contributed by atoms with Crippen LogP contribution in [0, 0.1) is 12.7 Å². The molecule has 0 aliphatic carbocycles. The third kappa shape index (κ3) is 2.08. The van der Waals surface area contributed by atoms with E-state index in [2.05, 4.69) is 21.3 Å². The molecule has 2 saturated heterocycles. The van der Waals surface area contributed by atoms with Crippen molar-refractivity contribution in [2.75, 3.05) is 0 Å². The lowest BCUT2D eigenvalue weighted by Gasteiger charge is -2.22. The molecule has 0 saturated carbocycles. The number of amides is 6. The minimum Gasteiger partial charge on any atom is -0.458 e. The van der Waals surface area contributed by atoms with Gasteiger partial charge in [-0.25, -0.2) is 14.0 Å². The van der Waals surface area contributed by atoms with E-state index in [0.29, 0.717) is 5.39 Å². The predicted octanol–water partition coefficient (Wildman–Crippen LogP) is 0.815. The number of hydrogen-bond donors (Lipinski definition) is 4. The minimum atomic E-state index is -1.57. The van der Waals surface area contributed by atoms with Crippen LogP contribution >= 0.6 is 0 Å². The molecule has 1 aromatic heterocycles. The largest absolute Gasteiger partial charge is 0.458 e. The first kappa shape index (κ1) is 16.1. The molecule has 6 amide bonds. The van der Waals surface area contributed by atoms with Gasteiger partial charge in [0.1, 0.15) is 22.7 Å². The molecule has 4 N–H and O–H groups in total. The lowest BCUT2D eigenvalue weighted by molar-refractivity contribution is -0.124. The minimum absolute atomic E-state index is 0.0295. The van der Waals surface area contributed by atoms with E-state index in [4.69, 9.17) is 4.42 Å². The average molecular weight is 360 g/mol. The van der Waals surface area contributed by atoms with Crippen molar-refractivity contribution in [3.63, 3.8) is 0 Å². The Morgan fingerprint density at radius 2 is 1.85 bits per heavy atom. The average Bonchev–Trinajstić information content (AvgIpc) is 3.19. The molecule has 134 valence electrons. The number of hydrogen-bond acceptors (Lipinski definition) is 5. The molecule has 2 aliphatic rings. The van der Waals surface area contributed by atoms with E-state index in [9.17, 15) is 23.6 Å². The van der Waals surface area contributed by atoms with E-state index in [1.54, 1.807) is 0 Å². The quantitative estimate of drug-likeness (QED) is 0.589. The summed E-state index contributed by atoms with van der Waals surface area (Å²) in [6.45, 7) is 2.85. The van der Waals surface area contributed by atoms with E-state index in [-0.39, 0.29) is 22.5 Å². The van der Waals surface area contributed by atoms with Gasteiger partial charge in [-0.2, -0.15) is 0 Å². The van der Waals surface area contributed by atoms with Gasteiger partial charge in [0.15, 0.2) is 6.04 Å². The van der Waals surface area contributed by atoms with Crippen LogP contribution in [0.25, 0.3) is 11.0 Å². The summed E-state index contributed by atoms with van der Waals surface area (Å²) in [5, 5.41) is 9.40. The number of rotatable bonds is 2. The molecule has 2 aliphatic heterocycles. The van der Waals surface area contributed by atoms with Gasteiger partial charge in [-0.15, -0.1) is 0 Å². The first-order chi connectivity index (χ1) is 12.2. The topological polar surface area (TPSA) is 130 Å². The fourth-order valence-electron chi connectivity index (χ4n) is 3.20. The van der Waals surface area contributed by atoms with Gasteiger partial charge in [-0.3, -0.25) is 20.2 Å². The number of carbonyl (C=O) groups excluding carboxylic acids is 4. The van der Waals surface area contributed by atoms with Crippen molar-refractivity contribution in [3.8, 4) is 0 Å². The normalized spacial score (nSPS) is 25.3. The van der Waals surface area contributed by atoms with E-state index in [1.165, 1.54) is 26.0 Å². The van der Waals surface area contributed by atoms with E-state index in [0.717, 1.165) is 0 Å². The summed E-state index contributed by atoms with van der Waals surface area (Å²) in [6, 6.07) is 0.476. The number of imide groups is 2. The van der Waals surface area contributed by atoms with Crippen LogP contribution in [0.5, 0.6) is 0 Å². The van der Waals surface area contributed by atoms with Crippen molar-refractivity contribution in [1.29, 1.82) is 0 Å². The fraction of sp³-hybridized carbons (Fsp3) is 0.250. The summed E-state index contributed by atoms with van der Waals surface area (Å²) in [5.74, 6) is -1.83. The zero-order valence-corrected chi connectivity index (χ0v) is 13.7. The Morgan fingerprint density at radius 1 is 1.12 bits per heavy atom. The van der Waals surface area contributed by atoms with Gasteiger partial charge >= 0.3 is 12.1 Å². The van der Waals surface area contributed by atoms with Gasteiger partial charge < -0.3 is 15.1 Å². The zero-order chi connectivity index (χ0) is 18.8. The number of nitrogens with one attached hydrogen (secondary N) is 4. The van der Waals surface area contributed by atoms with Crippen LogP contribution in [0.4, 0.5) is 14.0 Å². The van der Waals surface area contributed by atoms with E-state index >= 15 is 0 Å². The van der Waals surface area contributed by atoms with Crippen LogP contribution in [0.15, 0.2) is 16.5 Å².